The second kappa shape index (κ2) is 9.13. The van der Waals surface area contributed by atoms with Crippen molar-refractivity contribution in [1.82, 2.24) is 29.7 Å². The van der Waals surface area contributed by atoms with Crippen LogP contribution in [-0.4, -0.2) is 42.9 Å². The number of hydrogen-bond acceptors (Lipinski definition) is 7. The van der Waals surface area contributed by atoms with Gasteiger partial charge in [-0.1, -0.05) is 32.9 Å². The molecule has 0 fully saturated rings. The summed E-state index contributed by atoms with van der Waals surface area (Å²) in [6, 6.07) is 8.10. The highest BCUT2D eigenvalue weighted by Crippen LogP contribution is 2.28. The molecule has 8 nitrogen and oxygen atoms in total. The van der Waals surface area contributed by atoms with Crippen molar-refractivity contribution in [3.63, 3.8) is 0 Å². The molecule has 1 aromatic carbocycles. The van der Waals surface area contributed by atoms with E-state index in [1.165, 1.54) is 0 Å². The summed E-state index contributed by atoms with van der Waals surface area (Å²) in [7, 11) is 1.92. The van der Waals surface area contributed by atoms with Crippen LogP contribution in [0.5, 0.6) is 5.75 Å². The highest BCUT2D eigenvalue weighted by molar-refractivity contribution is 5.88. The Kier molecular flexibility index (Phi) is 6.26. The van der Waals surface area contributed by atoms with E-state index in [0.717, 1.165) is 57.5 Å². The third-order valence-corrected chi connectivity index (χ3v) is 5.22. The first-order valence-corrected chi connectivity index (χ1v) is 11.2. The molecule has 0 unspecified atom stereocenters. The minimum absolute atomic E-state index is 0.129. The van der Waals surface area contributed by atoms with Gasteiger partial charge < -0.3 is 14.6 Å². The molecule has 172 valence electrons. The Balaban J connectivity index is 1.68. The molecular formula is C25H31N7O. The molecule has 3 aromatic heterocycles. The van der Waals surface area contributed by atoms with E-state index in [2.05, 4.69) is 47.3 Å². The average Bonchev–Trinajstić information content (AvgIpc) is 3.19. The van der Waals surface area contributed by atoms with Gasteiger partial charge in [-0.05, 0) is 31.4 Å². The number of ether oxygens (including phenoxy) is 1. The average molecular weight is 446 g/mol. The molecule has 0 aliphatic rings. The monoisotopic (exact) mass is 445 g/mol. The van der Waals surface area contributed by atoms with Gasteiger partial charge in [0.15, 0.2) is 11.6 Å². The van der Waals surface area contributed by atoms with Gasteiger partial charge in [0.1, 0.15) is 23.4 Å². The zero-order valence-electron chi connectivity index (χ0n) is 20.2. The van der Waals surface area contributed by atoms with Crippen LogP contribution in [0, 0.1) is 12.3 Å². The maximum Gasteiger partial charge on any atom is 0.163 e. The quantitative estimate of drug-likeness (QED) is 0.445. The molecule has 0 spiro atoms. The van der Waals surface area contributed by atoms with E-state index >= 15 is 0 Å². The third kappa shape index (κ3) is 5.27. The van der Waals surface area contributed by atoms with Crippen LogP contribution >= 0.6 is 0 Å². The van der Waals surface area contributed by atoms with E-state index in [-0.39, 0.29) is 5.41 Å². The van der Waals surface area contributed by atoms with Crippen molar-refractivity contribution in [2.24, 2.45) is 12.5 Å². The number of hydrogen-bond donors (Lipinski definition) is 1. The minimum atomic E-state index is 0.129. The second-order valence-electron chi connectivity index (χ2n) is 9.45. The molecule has 4 rings (SSSR count). The smallest absolute Gasteiger partial charge is 0.163 e. The molecular weight excluding hydrogens is 414 g/mol. The van der Waals surface area contributed by atoms with Gasteiger partial charge >= 0.3 is 0 Å². The molecule has 0 saturated carbocycles. The summed E-state index contributed by atoms with van der Waals surface area (Å²) in [4.78, 5) is 14.2. The number of fused-ring (bicyclic) bond motifs is 1. The van der Waals surface area contributed by atoms with Crippen LogP contribution in [-0.2, 0) is 13.5 Å². The lowest BCUT2D eigenvalue weighted by Gasteiger charge is -2.20. The highest BCUT2D eigenvalue weighted by Gasteiger charge is 2.15. The molecule has 0 radical (unpaired) electrons. The van der Waals surface area contributed by atoms with E-state index in [1.54, 1.807) is 6.33 Å². The maximum atomic E-state index is 5.95. The topological polar surface area (TPSA) is 90.6 Å². The number of aromatic nitrogens is 6. The molecule has 8 heteroatoms. The summed E-state index contributed by atoms with van der Waals surface area (Å²) >= 11 is 0. The molecule has 0 aliphatic heterocycles. The van der Waals surface area contributed by atoms with Crippen LogP contribution in [0.4, 0.5) is 5.82 Å². The van der Waals surface area contributed by atoms with Crippen molar-refractivity contribution in [3.8, 4) is 17.1 Å². The summed E-state index contributed by atoms with van der Waals surface area (Å²) in [6.45, 7) is 11.9. The first-order valence-electron chi connectivity index (χ1n) is 11.2. The Labute approximate surface area is 194 Å². The third-order valence-electron chi connectivity index (χ3n) is 5.22. The van der Waals surface area contributed by atoms with Crippen LogP contribution in [0.1, 0.15) is 44.8 Å². The van der Waals surface area contributed by atoms with E-state index in [9.17, 15) is 0 Å². The molecule has 4 aromatic rings. The number of nitrogens with zero attached hydrogens (tertiary/aromatic N) is 6. The Morgan fingerprint density at radius 3 is 2.64 bits per heavy atom. The predicted molar refractivity (Wildman–Crippen MR) is 130 cm³/mol. The number of pyridine rings is 1. The van der Waals surface area contributed by atoms with Crippen molar-refractivity contribution >= 4 is 16.7 Å². The van der Waals surface area contributed by atoms with Crippen LogP contribution in [0.15, 0.2) is 36.8 Å². The van der Waals surface area contributed by atoms with Gasteiger partial charge in [0.2, 0.25) is 0 Å². The molecule has 0 atom stereocenters. The molecule has 0 aliphatic carbocycles. The lowest BCUT2D eigenvalue weighted by Crippen LogP contribution is -2.20. The fourth-order valence-electron chi connectivity index (χ4n) is 3.61. The fourth-order valence-corrected chi connectivity index (χ4v) is 3.61. The van der Waals surface area contributed by atoms with E-state index in [4.69, 9.17) is 14.7 Å². The molecule has 1 N–H and O–H groups in total. The van der Waals surface area contributed by atoms with Crippen molar-refractivity contribution in [1.29, 1.82) is 0 Å². The van der Waals surface area contributed by atoms with Gasteiger partial charge in [-0.15, -0.1) is 10.2 Å². The lowest BCUT2D eigenvalue weighted by molar-refractivity contribution is 0.337. The zero-order chi connectivity index (χ0) is 23.6. The first kappa shape index (κ1) is 22.6. The van der Waals surface area contributed by atoms with Crippen LogP contribution in [0.2, 0.25) is 0 Å². The van der Waals surface area contributed by atoms with Gasteiger partial charge in [-0.3, -0.25) is 0 Å². The summed E-state index contributed by atoms with van der Waals surface area (Å²) in [6.07, 6.45) is 4.12. The van der Waals surface area contributed by atoms with Crippen molar-refractivity contribution in [2.75, 3.05) is 18.5 Å². The van der Waals surface area contributed by atoms with Crippen LogP contribution < -0.4 is 10.1 Å². The van der Waals surface area contributed by atoms with Crippen molar-refractivity contribution < 1.29 is 4.74 Å². The Morgan fingerprint density at radius 2 is 1.94 bits per heavy atom. The summed E-state index contributed by atoms with van der Waals surface area (Å²) < 4.78 is 7.84. The van der Waals surface area contributed by atoms with E-state index < -0.39 is 0 Å². The lowest BCUT2D eigenvalue weighted by atomic mass is 9.97. The fraction of sp³-hybridized carbons (Fsp3) is 0.400. The van der Waals surface area contributed by atoms with Gasteiger partial charge in [0.25, 0.3) is 0 Å². The SMILES string of the molecule is CCOc1cc(-c2nncn2C)ccc1Cc1ncc2cc(C)nc(NCC(C)(C)C)c2n1. The second-order valence-corrected chi connectivity index (χ2v) is 9.45. The Bertz CT molecular complexity index is 1270. The van der Waals surface area contributed by atoms with E-state index in [1.807, 2.05) is 49.9 Å². The summed E-state index contributed by atoms with van der Waals surface area (Å²) in [5.74, 6) is 3.11. The largest absolute Gasteiger partial charge is 0.494 e. The standard InChI is InChI=1S/C25H31N7O/c1-7-33-20-11-18(24-31-28-15-32(24)6)9-8-17(20)12-21-26-13-19-10-16(2)29-23(22(19)30-21)27-14-25(3,4)5/h8-11,13,15H,7,12,14H2,1-6H3,(H,27,29). The minimum Gasteiger partial charge on any atom is -0.494 e. The number of benzene rings is 1. The summed E-state index contributed by atoms with van der Waals surface area (Å²) in [5, 5.41) is 12.6. The number of nitrogens with one attached hydrogen (secondary N) is 1. The number of aryl methyl sites for hydroxylation is 2. The molecule has 0 amide bonds. The maximum absolute atomic E-state index is 5.95. The predicted octanol–water partition coefficient (Wildman–Crippen LogP) is 4.58. The normalized spacial score (nSPS) is 11.7. The number of anilines is 1. The van der Waals surface area contributed by atoms with E-state index in [0.29, 0.717) is 13.0 Å². The molecule has 33 heavy (non-hydrogen) atoms. The first-order chi connectivity index (χ1) is 15.7. The molecule has 0 saturated heterocycles. The Morgan fingerprint density at radius 1 is 1.12 bits per heavy atom. The highest BCUT2D eigenvalue weighted by atomic mass is 16.5. The van der Waals surface area contributed by atoms with Gasteiger partial charge in [-0.2, -0.15) is 0 Å². The molecule has 0 bridgehead atoms. The zero-order valence-corrected chi connectivity index (χ0v) is 20.2. The molecule has 3 heterocycles. The van der Waals surface area contributed by atoms with Gasteiger partial charge in [-0.25, -0.2) is 15.0 Å². The van der Waals surface area contributed by atoms with Gasteiger partial charge in [0, 0.05) is 48.4 Å². The number of rotatable bonds is 7. The van der Waals surface area contributed by atoms with Gasteiger partial charge in [0.05, 0.1) is 6.61 Å². The van der Waals surface area contributed by atoms with Crippen molar-refractivity contribution in [2.45, 2.75) is 41.0 Å². The van der Waals surface area contributed by atoms with Crippen molar-refractivity contribution in [3.05, 3.63) is 53.9 Å². The Hall–Kier alpha value is -3.55. The summed E-state index contributed by atoms with van der Waals surface area (Å²) in [5.41, 5.74) is 3.88. The van der Waals surface area contributed by atoms with Crippen LogP contribution in [0.3, 0.4) is 0 Å². The van der Waals surface area contributed by atoms with Crippen LogP contribution in [0.25, 0.3) is 22.3 Å².